The van der Waals surface area contributed by atoms with Gasteiger partial charge in [0.15, 0.2) is 0 Å². The van der Waals surface area contributed by atoms with Crippen molar-refractivity contribution in [3.8, 4) is 5.88 Å². The monoisotopic (exact) mass is 571 g/mol. The van der Waals surface area contributed by atoms with E-state index in [0.29, 0.717) is 41.4 Å². The molecule has 3 aliphatic carbocycles. The average molecular weight is 572 g/mol. The number of ketones is 1. The normalized spacial score (nSPS) is 22.6. The van der Waals surface area contributed by atoms with Gasteiger partial charge in [-0.3, -0.25) is 14.3 Å². The van der Waals surface area contributed by atoms with Crippen LogP contribution in [0.3, 0.4) is 0 Å². The molecule has 2 aromatic heterocycles. The molecule has 2 heterocycles. The molecule has 0 aliphatic heterocycles. The number of halogens is 4. The number of hydrogen-bond donors (Lipinski definition) is 1. The molecule has 6 nitrogen and oxygen atoms in total. The van der Waals surface area contributed by atoms with Crippen LogP contribution in [0.1, 0.15) is 63.5 Å². The van der Waals surface area contributed by atoms with Crippen LogP contribution in [-0.2, 0) is 37.5 Å². The highest BCUT2D eigenvalue weighted by atomic mass is 32.1. The molecular formula is C26H29F4N3O3S2. The Labute approximate surface area is 227 Å². The van der Waals surface area contributed by atoms with E-state index in [4.69, 9.17) is 12.2 Å². The third kappa shape index (κ3) is 6.62. The van der Waals surface area contributed by atoms with Gasteiger partial charge in [-0.25, -0.2) is 4.39 Å². The number of fused-ring (bicyclic) bond motifs is 1. The van der Waals surface area contributed by atoms with Crippen LogP contribution in [-0.4, -0.2) is 45.4 Å². The summed E-state index contributed by atoms with van der Waals surface area (Å²) in [6, 6.07) is 1.24. The average Bonchev–Trinajstić information content (AvgIpc) is 3.72. The minimum Gasteiger partial charge on any atom is -0.386 e. The smallest absolute Gasteiger partial charge is 0.386 e. The lowest BCUT2D eigenvalue weighted by Gasteiger charge is -2.23. The molecule has 0 bridgehead atoms. The maximum Gasteiger partial charge on any atom is 0.574 e. The summed E-state index contributed by atoms with van der Waals surface area (Å²) in [6.45, 7) is 0.615. The van der Waals surface area contributed by atoms with Gasteiger partial charge in [-0.15, -0.1) is 29.6 Å². The van der Waals surface area contributed by atoms with Crippen LogP contribution < -0.4 is 10.1 Å². The molecule has 1 N–H and O–H groups in total. The number of aromatic nitrogens is 2. The van der Waals surface area contributed by atoms with Crippen molar-refractivity contribution >= 4 is 40.1 Å². The van der Waals surface area contributed by atoms with Crippen LogP contribution in [0.25, 0.3) is 0 Å². The number of rotatable bonds is 11. The number of thiophene rings is 1. The zero-order chi connectivity index (χ0) is 27.2. The predicted octanol–water partition coefficient (Wildman–Crippen LogP) is 5.10. The molecule has 1 amide bonds. The Morgan fingerprint density at radius 1 is 1.24 bits per heavy atom. The largest absolute Gasteiger partial charge is 0.574 e. The Bertz CT molecular complexity index is 1250. The van der Waals surface area contributed by atoms with Gasteiger partial charge in [0, 0.05) is 47.9 Å². The Kier molecular flexibility index (Phi) is 7.65. The van der Waals surface area contributed by atoms with Crippen LogP contribution in [0, 0.1) is 17.8 Å². The van der Waals surface area contributed by atoms with E-state index in [1.54, 1.807) is 7.05 Å². The van der Waals surface area contributed by atoms with Crippen molar-refractivity contribution in [2.24, 2.45) is 24.8 Å². The van der Waals surface area contributed by atoms with Gasteiger partial charge in [-0.2, -0.15) is 0 Å². The molecule has 2 saturated carbocycles. The predicted molar refractivity (Wildman–Crippen MR) is 137 cm³/mol. The van der Waals surface area contributed by atoms with Gasteiger partial charge in [0.2, 0.25) is 5.88 Å². The second kappa shape index (κ2) is 10.7. The maximum atomic E-state index is 13.5. The number of Topliss-reactive ketones (excluding diaryl/α,β-unsaturated/α-hetero) is 1. The van der Waals surface area contributed by atoms with Crippen LogP contribution in [0.2, 0.25) is 0 Å². The van der Waals surface area contributed by atoms with Crippen molar-refractivity contribution < 1.29 is 31.9 Å². The van der Waals surface area contributed by atoms with Crippen LogP contribution in [0.5, 0.6) is 5.88 Å². The first kappa shape index (κ1) is 27.2. The highest BCUT2D eigenvalue weighted by molar-refractivity contribution is 7.80. The summed E-state index contributed by atoms with van der Waals surface area (Å²) in [7, 11) is 1.54. The van der Waals surface area contributed by atoms with Gasteiger partial charge < -0.3 is 10.1 Å². The molecular weight excluding hydrogens is 542 g/mol. The Hall–Kier alpha value is -2.34. The molecule has 0 radical (unpaired) electrons. The Morgan fingerprint density at radius 3 is 2.63 bits per heavy atom. The maximum absolute atomic E-state index is 13.5. The number of nitrogens with zero attached hydrogens (tertiary/aromatic N) is 2. The molecule has 2 aromatic rings. The van der Waals surface area contributed by atoms with Gasteiger partial charge in [0.05, 0.1) is 11.5 Å². The summed E-state index contributed by atoms with van der Waals surface area (Å²) in [6.07, 6.45) is -0.206. The van der Waals surface area contributed by atoms with Crippen molar-refractivity contribution in [1.29, 1.82) is 0 Å². The molecule has 5 rings (SSSR count). The Morgan fingerprint density at radius 2 is 1.97 bits per heavy atom. The van der Waals surface area contributed by atoms with Crippen molar-refractivity contribution in [3.05, 3.63) is 32.6 Å². The van der Waals surface area contributed by atoms with Crippen molar-refractivity contribution in [1.82, 2.24) is 15.1 Å². The second-order valence-electron chi connectivity index (χ2n) is 10.6. The minimum atomic E-state index is -4.81. The van der Waals surface area contributed by atoms with E-state index in [1.807, 2.05) is 0 Å². The van der Waals surface area contributed by atoms with Gasteiger partial charge in [0.25, 0.3) is 5.91 Å². The first-order chi connectivity index (χ1) is 18.0. The minimum absolute atomic E-state index is 0.0842. The lowest BCUT2D eigenvalue weighted by Crippen LogP contribution is -2.28. The first-order valence-electron chi connectivity index (χ1n) is 12.9. The fourth-order valence-corrected chi connectivity index (χ4v) is 6.86. The fraction of sp³-hybridized carbons (Fsp3) is 0.615. The molecule has 38 heavy (non-hydrogen) atoms. The van der Waals surface area contributed by atoms with E-state index in [9.17, 15) is 27.2 Å². The summed E-state index contributed by atoms with van der Waals surface area (Å²) in [5.41, 5.74) is 2.05. The summed E-state index contributed by atoms with van der Waals surface area (Å²) < 4.78 is 56.3. The standard InChI is InChI=1S/C26H29F4N3O3S2/c1-33-15(9-23(32-33)36-26(28,29)30)8-16(37)6-14-4-5-21-18(7-14)24(25(35)31-12-13-2-3-13)22(38-21)11-20(34)17-10-19(17)27/h9,13-14,17,19H,2-8,10-12H2,1H3,(H,31,35)/t14-,17+,19-/m1/s1. The molecule has 0 saturated heterocycles. The number of amides is 1. The quantitative estimate of drug-likeness (QED) is 0.300. The van der Waals surface area contributed by atoms with Crippen LogP contribution >= 0.6 is 23.6 Å². The van der Waals surface area contributed by atoms with E-state index in [2.05, 4.69) is 15.2 Å². The van der Waals surface area contributed by atoms with Crippen LogP contribution in [0.15, 0.2) is 6.07 Å². The number of carbonyl (C=O) groups excluding carboxylic acids is 2. The molecule has 2 fully saturated rings. The molecule has 3 aliphatic rings. The third-order valence-electron chi connectivity index (χ3n) is 7.44. The number of carbonyl (C=O) groups is 2. The van der Waals surface area contributed by atoms with E-state index in [0.717, 1.165) is 41.0 Å². The van der Waals surface area contributed by atoms with Gasteiger partial charge in [0.1, 0.15) is 12.0 Å². The van der Waals surface area contributed by atoms with Crippen molar-refractivity contribution in [2.45, 2.75) is 70.3 Å². The number of nitrogens with one attached hydrogen (secondary N) is 1. The van der Waals surface area contributed by atoms with E-state index >= 15 is 0 Å². The second-order valence-corrected chi connectivity index (χ2v) is 12.4. The van der Waals surface area contributed by atoms with E-state index in [-0.39, 0.29) is 36.9 Å². The Balaban J connectivity index is 1.27. The lowest BCUT2D eigenvalue weighted by molar-refractivity contribution is -0.276. The zero-order valence-electron chi connectivity index (χ0n) is 20.9. The molecule has 206 valence electrons. The summed E-state index contributed by atoms with van der Waals surface area (Å²) in [5.74, 6) is -0.698. The summed E-state index contributed by atoms with van der Waals surface area (Å²) in [4.78, 5) is 28.3. The highest BCUT2D eigenvalue weighted by Crippen LogP contribution is 2.41. The number of ether oxygens (including phenoxy) is 1. The molecule has 12 heteroatoms. The van der Waals surface area contributed by atoms with Gasteiger partial charge in [-0.1, -0.05) is 12.2 Å². The van der Waals surface area contributed by atoms with Crippen molar-refractivity contribution in [3.63, 3.8) is 0 Å². The van der Waals surface area contributed by atoms with Crippen LogP contribution in [0.4, 0.5) is 17.6 Å². The molecule has 0 spiro atoms. The summed E-state index contributed by atoms with van der Waals surface area (Å²) >= 11 is 7.10. The van der Waals surface area contributed by atoms with E-state index < -0.39 is 24.3 Å². The number of alkyl halides is 4. The highest BCUT2D eigenvalue weighted by Gasteiger charge is 2.44. The van der Waals surface area contributed by atoms with Gasteiger partial charge in [-0.05, 0) is 67.2 Å². The van der Waals surface area contributed by atoms with E-state index in [1.165, 1.54) is 22.1 Å². The SMILES string of the molecule is Cn1nc(OC(F)(F)F)cc1CC(=S)C[C@H]1CCc2sc(CC(=O)[C@H]3C[C@H]3F)c(C(=O)NCC3CC3)c2C1. The topological polar surface area (TPSA) is 73.2 Å². The molecule has 3 atom stereocenters. The third-order valence-corrected chi connectivity index (χ3v) is 9.04. The fourth-order valence-electron chi connectivity index (χ4n) is 5.12. The number of aryl methyl sites for hydroxylation is 2. The number of thiocarbonyl (C=S) groups is 1. The molecule has 0 aromatic carbocycles. The lowest BCUT2D eigenvalue weighted by atomic mass is 9.82. The van der Waals surface area contributed by atoms with Gasteiger partial charge >= 0.3 is 6.36 Å². The molecule has 0 unspecified atom stereocenters. The number of hydrogen-bond acceptors (Lipinski definition) is 6. The summed E-state index contributed by atoms with van der Waals surface area (Å²) in [5, 5.41) is 6.79. The first-order valence-corrected chi connectivity index (χ1v) is 14.1. The van der Waals surface area contributed by atoms with Crippen molar-refractivity contribution in [2.75, 3.05) is 6.54 Å². The zero-order valence-corrected chi connectivity index (χ0v) is 22.5.